The second-order valence-corrected chi connectivity index (χ2v) is 6.06. The van der Waals surface area contributed by atoms with Gasteiger partial charge in [-0.25, -0.2) is 22.7 Å². The van der Waals surface area contributed by atoms with Gasteiger partial charge >= 0.3 is 6.03 Å². The number of anilines is 1. The molecule has 2 aromatic rings. The van der Waals surface area contributed by atoms with E-state index in [2.05, 4.69) is 10.6 Å². The molecule has 0 radical (unpaired) electrons. The van der Waals surface area contributed by atoms with Gasteiger partial charge in [0.1, 0.15) is 5.82 Å². The molecule has 22 heavy (non-hydrogen) atoms. The van der Waals surface area contributed by atoms with E-state index < -0.39 is 16.1 Å². The van der Waals surface area contributed by atoms with Crippen LogP contribution in [0.5, 0.6) is 0 Å². The van der Waals surface area contributed by atoms with Crippen molar-refractivity contribution in [1.29, 1.82) is 0 Å². The number of rotatable bonds is 4. The highest BCUT2D eigenvalue weighted by Crippen LogP contribution is 2.12. The van der Waals surface area contributed by atoms with E-state index in [4.69, 9.17) is 5.14 Å². The summed E-state index contributed by atoms with van der Waals surface area (Å²) < 4.78 is 34.9. The van der Waals surface area contributed by atoms with Crippen LogP contribution < -0.4 is 15.8 Å². The van der Waals surface area contributed by atoms with Crippen LogP contribution >= 0.6 is 0 Å². The van der Waals surface area contributed by atoms with E-state index in [1.54, 1.807) is 12.1 Å². The predicted molar refractivity (Wildman–Crippen MR) is 80.1 cm³/mol. The van der Waals surface area contributed by atoms with Crippen molar-refractivity contribution in [2.45, 2.75) is 11.4 Å². The third-order valence-electron chi connectivity index (χ3n) is 2.81. The Morgan fingerprint density at radius 3 is 2.18 bits per heavy atom. The molecule has 2 amide bonds. The first-order chi connectivity index (χ1) is 10.3. The normalized spacial score (nSPS) is 11.0. The molecule has 0 aliphatic rings. The third kappa shape index (κ3) is 4.54. The lowest BCUT2D eigenvalue weighted by atomic mass is 10.2. The minimum absolute atomic E-state index is 0.0372. The number of urea groups is 1. The van der Waals surface area contributed by atoms with E-state index in [9.17, 15) is 17.6 Å². The number of nitrogens with two attached hydrogens (primary N) is 1. The Bertz CT molecular complexity index is 759. The molecule has 0 unspecified atom stereocenters. The summed E-state index contributed by atoms with van der Waals surface area (Å²) in [6.45, 7) is 0.237. The molecular formula is C14H14FN3O3S. The number of carbonyl (C=O) groups excluding carboxylic acids is 1. The SMILES string of the molecule is NS(=O)(=O)c1ccc(NC(=O)NCc2ccc(F)cc2)cc1. The summed E-state index contributed by atoms with van der Waals surface area (Å²) in [4.78, 5) is 11.7. The van der Waals surface area contributed by atoms with Crippen molar-refractivity contribution in [1.82, 2.24) is 5.32 Å². The first-order valence-electron chi connectivity index (χ1n) is 6.27. The maximum atomic E-state index is 12.7. The Hall–Kier alpha value is -2.45. The van der Waals surface area contributed by atoms with Crippen molar-refractivity contribution in [3.05, 3.63) is 59.9 Å². The van der Waals surface area contributed by atoms with Crippen LogP contribution in [0.15, 0.2) is 53.4 Å². The lowest BCUT2D eigenvalue weighted by Gasteiger charge is -2.08. The molecule has 0 aliphatic carbocycles. The van der Waals surface area contributed by atoms with Crippen molar-refractivity contribution in [3.63, 3.8) is 0 Å². The summed E-state index contributed by atoms with van der Waals surface area (Å²) in [7, 11) is -3.76. The summed E-state index contributed by atoms with van der Waals surface area (Å²) in [5, 5.41) is 10.1. The van der Waals surface area contributed by atoms with Crippen LogP contribution in [0.25, 0.3) is 0 Å². The van der Waals surface area contributed by atoms with Crippen LogP contribution in [0.4, 0.5) is 14.9 Å². The molecule has 0 spiro atoms. The van der Waals surface area contributed by atoms with Crippen molar-refractivity contribution in [2.75, 3.05) is 5.32 Å². The summed E-state index contributed by atoms with van der Waals surface area (Å²) in [6.07, 6.45) is 0. The highest BCUT2D eigenvalue weighted by atomic mass is 32.2. The second-order valence-electron chi connectivity index (χ2n) is 4.50. The van der Waals surface area contributed by atoms with Gasteiger partial charge in [0.15, 0.2) is 0 Å². The van der Waals surface area contributed by atoms with Gasteiger partial charge in [-0.1, -0.05) is 12.1 Å². The van der Waals surface area contributed by atoms with Crippen molar-refractivity contribution < 1.29 is 17.6 Å². The molecule has 0 saturated heterocycles. The van der Waals surface area contributed by atoms with Crippen molar-refractivity contribution in [3.8, 4) is 0 Å². The fourth-order valence-corrected chi connectivity index (χ4v) is 2.20. The fourth-order valence-electron chi connectivity index (χ4n) is 1.69. The second kappa shape index (κ2) is 6.54. The number of sulfonamides is 1. The molecular weight excluding hydrogens is 309 g/mol. The van der Waals surface area contributed by atoms with Crippen LogP contribution in [-0.4, -0.2) is 14.4 Å². The molecule has 0 bridgehead atoms. The predicted octanol–water partition coefficient (Wildman–Crippen LogP) is 1.79. The van der Waals surface area contributed by atoms with Crippen molar-refractivity contribution >= 4 is 21.7 Å². The summed E-state index contributed by atoms with van der Waals surface area (Å²) in [6, 6.07) is 10.7. The van der Waals surface area contributed by atoms with Gasteiger partial charge in [-0.15, -0.1) is 0 Å². The average Bonchev–Trinajstić information content (AvgIpc) is 2.46. The molecule has 0 fully saturated rings. The Labute approximate surface area is 127 Å². The molecule has 0 aromatic heterocycles. The molecule has 2 rings (SSSR count). The number of carbonyl (C=O) groups is 1. The van der Waals surface area contributed by atoms with Crippen LogP contribution in [0.1, 0.15) is 5.56 Å². The molecule has 0 saturated carbocycles. The number of amides is 2. The minimum atomic E-state index is -3.76. The van der Waals surface area contributed by atoms with Crippen LogP contribution in [0.2, 0.25) is 0 Å². The zero-order valence-corrected chi connectivity index (χ0v) is 12.2. The Balaban J connectivity index is 1.90. The number of benzene rings is 2. The number of nitrogens with one attached hydrogen (secondary N) is 2. The highest BCUT2D eigenvalue weighted by Gasteiger charge is 2.07. The van der Waals surface area contributed by atoms with Gasteiger partial charge in [0.05, 0.1) is 4.90 Å². The molecule has 0 heterocycles. The Kier molecular flexibility index (Phi) is 4.74. The van der Waals surface area contributed by atoms with Crippen LogP contribution in [-0.2, 0) is 16.6 Å². The molecule has 0 aliphatic heterocycles. The fraction of sp³-hybridized carbons (Fsp3) is 0.0714. The Morgan fingerprint density at radius 2 is 1.64 bits per heavy atom. The minimum Gasteiger partial charge on any atom is -0.334 e. The quantitative estimate of drug-likeness (QED) is 0.799. The number of halogens is 1. The molecule has 4 N–H and O–H groups in total. The first kappa shape index (κ1) is 15.9. The molecule has 116 valence electrons. The van der Waals surface area contributed by atoms with Crippen LogP contribution in [0.3, 0.4) is 0 Å². The molecule has 6 nitrogen and oxygen atoms in total. The van der Waals surface area contributed by atoms with Gasteiger partial charge in [0.25, 0.3) is 0 Å². The lowest BCUT2D eigenvalue weighted by molar-refractivity contribution is 0.251. The van der Waals surface area contributed by atoms with E-state index in [1.807, 2.05) is 0 Å². The Morgan fingerprint density at radius 1 is 1.05 bits per heavy atom. The van der Waals surface area contributed by atoms with Crippen molar-refractivity contribution in [2.24, 2.45) is 5.14 Å². The van der Waals surface area contributed by atoms with Gasteiger partial charge in [-0.3, -0.25) is 0 Å². The average molecular weight is 323 g/mol. The van der Waals surface area contributed by atoms with E-state index in [0.717, 1.165) is 5.56 Å². The van der Waals surface area contributed by atoms with Gasteiger partial charge < -0.3 is 10.6 Å². The lowest BCUT2D eigenvalue weighted by Crippen LogP contribution is -2.28. The molecule has 8 heteroatoms. The number of hydrogen-bond donors (Lipinski definition) is 3. The van der Waals surface area contributed by atoms with Gasteiger partial charge in [0, 0.05) is 12.2 Å². The van der Waals surface area contributed by atoms with E-state index in [1.165, 1.54) is 36.4 Å². The first-order valence-corrected chi connectivity index (χ1v) is 7.81. The van der Waals surface area contributed by atoms with Crippen LogP contribution in [0, 0.1) is 5.82 Å². The van der Waals surface area contributed by atoms with E-state index in [-0.39, 0.29) is 17.3 Å². The van der Waals surface area contributed by atoms with Gasteiger partial charge in [-0.05, 0) is 42.0 Å². The van der Waals surface area contributed by atoms with E-state index >= 15 is 0 Å². The maximum absolute atomic E-state index is 12.7. The number of primary sulfonamides is 1. The molecule has 2 aromatic carbocycles. The molecule has 0 atom stereocenters. The zero-order chi connectivity index (χ0) is 16.2. The zero-order valence-electron chi connectivity index (χ0n) is 11.4. The summed E-state index contributed by atoms with van der Waals surface area (Å²) in [5.74, 6) is -0.344. The largest absolute Gasteiger partial charge is 0.334 e. The third-order valence-corrected chi connectivity index (χ3v) is 3.74. The van der Waals surface area contributed by atoms with Gasteiger partial charge in [-0.2, -0.15) is 0 Å². The van der Waals surface area contributed by atoms with E-state index in [0.29, 0.717) is 5.69 Å². The monoisotopic (exact) mass is 323 g/mol. The summed E-state index contributed by atoms with van der Waals surface area (Å²) in [5.41, 5.74) is 1.17. The summed E-state index contributed by atoms with van der Waals surface area (Å²) >= 11 is 0. The highest BCUT2D eigenvalue weighted by molar-refractivity contribution is 7.89. The van der Waals surface area contributed by atoms with Gasteiger partial charge in [0.2, 0.25) is 10.0 Å². The maximum Gasteiger partial charge on any atom is 0.319 e. The standard InChI is InChI=1S/C14H14FN3O3S/c15-11-3-1-10(2-4-11)9-17-14(19)18-12-5-7-13(8-6-12)22(16,20)21/h1-8H,9H2,(H2,16,20,21)(H2,17,18,19). The smallest absolute Gasteiger partial charge is 0.319 e. The number of hydrogen-bond acceptors (Lipinski definition) is 3. The topological polar surface area (TPSA) is 101 Å².